The van der Waals surface area contributed by atoms with E-state index in [0.717, 1.165) is 0 Å². The van der Waals surface area contributed by atoms with Gasteiger partial charge in [-0.15, -0.1) is 13.2 Å². The summed E-state index contributed by atoms with van der Waals surface area (Å²) in [6, 6.07) is 0. The van der Waals surface area contributed by atoms with E-state index in [2.05, 4.69) is 13.2 Å². The quantitative estimate of drug-likeness (QED) is 0.504. The van der Waals surface area contributed by atoms with Crippen LogP contribution in [0.1, 0.15) is 19.3 Å². The average molecular weight is 214 g/mol. The monoisotopic (exact) mass is 214 g/mol. The lowest BCUT2D eigenvalue weighted by Gasteiger charge is -2.36. The molecular formula is C12H22O3. The molecule has 0 spiro atoms. The predicted molar refractivity (Wildman–Crippen MR) is 61.4 cm³/mol. The molecule has 0 aromatic carbocycles. The Balaban J connectivity index is 4.76. The Kier molecular flexibility index (Phi) is 7.30. The van der Waals surface area contributed by atoms with Crippen molar-refractivity contribution >= 4 is 0 Å². The zero-order valence-corrected chi connectivity index (χ0v) is 9.23. The first-order valence-corrected chi connectivity index (χ1v) is 5.25. The summed E-state index contributed by atoms with van der Waals surface area (Å²) in [7, 11) is 0. The predicted octanol–water partition coefficient (Wildman–Crippen LogP) is 1.11. The summed E-state index contributed by atoms with van der Waals surface area (Å²) >= 11 is 0. The molecule has 15 heavy (non-hydrogen) atoms. The molecule has 0 aliphatic heterocycles. The summed E-state index contributed by atoms with van der Waals surface area (Å²) in [6.45, 7) is 7.13. The van der Waals surface area contributed by atoms with Gasteiger partial charge in [0.15, 0.2) is 0 Å². The molecule has 1 unspecified atom stereocenters. The van der Waals surface area contributed by atoms with Crippen LogP contribution in [0.2, 0.25) is 0 Å². The van der Waals surface area contributed by atoms with Crippen LogP contribution in [-0.4, -0.2) is 35.1 Å². The van der Waals surface area contributed by atoms with Gasteiger partial charge >= 0.3 is 0 Å². The highest BCUT2D eigenvalue weighted by molar-refractivity contribution is 4.93. The van der Waals surface area contributed by atoms with Gasteiger partial charge < -0.3 is 15.3 Å². The molecule has 3 N–H and O–H groups in total. The summed E-state index contributed by atoms with van der Waals surface area (Å²) in [5.74, 6) is 0.0352. The van der Waals surface area contributed by atoms with Gasteiger partial charge in [-0.05, 0) is 25.2 Å². The van der Waals surface area contributed by atoms with Crippen molar-refractivity contribution in [2.75, 3.05) is 19.8 Å². The normalized spacial score (nSPS) is 13.5. The highest BCUT2D eigenvalue weighted by Gasteiger charge is 2.35. The van der Waals surface area contributed by atoms with Gasteiger partial charge in [-0.3, -0.25) is 0 Å². The lowest BCUT2D eigenvalue weighted by molar-refractivity contribution is -0.00217. The minimum atomic E-state index is -0.585. The fourth-order valence-electron chi connectivity index (χ4n) is 1.92. The average Bonchev–Trinajstić information content (AvgIpc) is 2.26. The summed E-state index contributed by atoms with van der Waals surface area (Å²) < 4.78 is 0. The lowest BCUT2D eigenvalue weighted by atomic mass is 9.71. The molecule has 88 valence electrons. The van der Waals surface area contributed by atoms with Gasteiger partial charge in [-0.25, -0.2) is 0 Å². The molecule has 3 heteroatoms. The van der Waals surface area contributed by atoms with Crippen LogP contribution in [0.3, 0.4) is 0 Å². The van der Waals surface area contributed by atoms with Crippen molar-refractivity contribution in [3.8, 4) is 0 Å². The van der Waals surface area contributed by atoms with Crippen molar-refractivity contribution in [1.82, 2.24) is 0 Å². The molecule has 0 amide bonds. The number of aliphatic hydroxyl groups is 3. The molecule has 0 saturated carbocycles. The molecule has 1 atom stereocenters. The van der Waals surface area contributed by atoms with E-state index in [-0.39, 0.29) is 25.7 Å². The molecule has 0 aliphatic rings. The molecule has 0 radical (unpaired) electrons. The Morgan fingerprint density at radius 3 is 2.00 bits per heavy atom. The first-order chi connectivity index (χ1) is 7.20. The molecule has 3 nitrogen and oxygen atoms in total. The SMILES string of the molecule is C=CCC(CCO)C(CO)(CO)CC=C. The molecular weight excluding hydrogens is 192 g/mol. The largest absolute Gasteiger partial charge is 0.396 e. The minimum absolute atomic E-state index is 0.0352. The molecule has 0 rings (SSSR count). The van der Waals surface area contributed by atoms with Gasteiger partial charge in [0.25, 0.3) is 0 Å². The van der Waals surface area contributed by atoms with E-state index in [1.165, 1.54) is 0 Å². The topological polar surface area (TPSA) is 60.7 Å². The minimum Gasteiger partial charge on any atom is -0.396 e. The van der Waals surface area contributed by atoms with Crippen LogP contribution in [0, 0.1) is 11.3 Å². The third-order valence-electron chi connectivity index (χ3n) is 2.98. The maximum Gasteiger partial charge on any atom is 0.0515 e. The van der Waals surface area contributed by atoms with Gasteiger partial charge in [0.1, 0.15) is 0 Å². The Morgan fingerprint density at radius 1 is 1.07 bits per heavy atom. The van der Waals surface area contributed by atoms with E-state index in [9.17, 15) is 10.2 Å². The maximum atomic E-state index is 9.41. The van der Waals surface area contributed by atoms with E-state index in [1.54, 1.807) is 12.2 Å². The van der Waals surface area contributed by atoms with Crippen molar-refractivity contribution in [2.24, 2.45) is 11.3 Å². The zero-order chi connectivity index (χ0) is 11.7. The number of hydrogen-bond acceptors (Lipinski definition) is 3. The number of rotatable bonds is 9. The molecule has 0 fully saturated rings. The van der Waals surface area contributed by atoms with Crippen molar-refractivity contribution in [2.45, 2.75) is 19.3 Å². The van der Waals surface area contributed by atoms with Gasteiger partial charge in [0.2, 0.25) is 0 Å². The first kappa shape index (κ1) is 14.4. The first-order valence-electron chi connectivity index (χ1n) is 5.25. The second-order valence-corrected chi connectivity index (χ2v) is 3.90. The fourth-order valence-corrected chi connectivity index (χ4v) is 1.92. The summed E-state index contributed by atoms with van der Waals surface area (Å²) in [4.78, 5) is 0. The van der Waals surface area contributed by atoms with Gasteiger partial charge in [0.05, 0.1) is 13.2 Å². The van der Waals surface area contributed by atoms with Crippen LogP contribution in [0.15, 0.2) is 25.3 Å². The molecule has 0 heterocycles. The van der Waals surface area contributed by atoms with Crippen LogP contribution in [0.4, 0.5) is 0 Å². The second kappa shape index (κ2) is 7.63. The fraction of sp³-hybridized carbons (Fsp3) is 0.667. The summed E-state index contributed by atoms with van der Waals surface area (Å²) in [5, 5.41) is 27.8. The number of aliphatic hydroxyl groups excluding tert-OH is 3. The van der Waals surface area contributed by atoms with E-state index in [1.807, 2.05) is 0 Å². The van der Waals surface area contributed by atoms with Crippen molar-refractivity contribution in [3.63, 3.8) is 0 Å². The zero-order valence-electron chi connectivity index (χ0n) is 9.23. The lowest BCUT2D eigenvalue weighted by Crippen LogP contribution is -2.38. The molecule has 0 aromatic heterocycles. The second-order valence-electron chi connectivity index (χ2n) is 3.90. The van der Waals surface area contributed by atoms with Crippen molar-refractivity contribution in [1.29, 1.82) is 0 Å². The summed E-state index contributed by atoms with van der Waals surface area (Å²) in [6.07, 6.45) is 5.22. The highest BCUT2D eigenvalue weighted by atomic mass is 16.3. The van der Waals surface area contributed by atoms with E-state index >= 15 is 0 Å². The van der Waals surface area contributed by atoms with Gasteiger partial charge in [-0.1, -0.05) is 12.2 Å². The molecule has 0 bridgehead atoms. The molecule has 0 saturated heterocycles. The molecule has 0 aliphatic carbocycles. The number of hydrogen-bond donors (Lipinski definition) is 3. The van der Waals surface area contributed by atoms with E-state index < -0.39 is 5.41 Å². The third-order valence-corrected chi connectivity index (χ3v) is 2.98. The Hall–Kier alpha value is -0.640. The third kappa shape index (κ3) is 3.78. The van der Waals surface area contributed by atoms with Crippen LogP contribution in [0.25, 0.3) is 0 Å². The van der Waals surface area contributed by atoms with E-state index in [4.69, 9.17) is 5.11 Å². The summed E-state index contributed by atoms with van der Waals surface area (Å²) in [5.41, 5.74) is -0.585. The molecule has 0 aromatic rings. The van der Waals surface area contributed by atoms with Crippen molar-refractivity contribution < 1.29 is 15.3 Å². The van der Waals surface area contributed by atoms with Crippen molar-refractivity contribution in [3.05, 3.63) is 25.3 Å². The van der Waals surface area contributed by atoms with Crippen LogP contribution >= 0.6 is 0 Å². The van der Waals surface area contributed by atoms with Crippen LogP contribution in [0.5, 0.6) is 0 Å². The smallest absolute Gasteiger partial charge is 0.0515 e. The van der Waals surface area contributed by atoms with Gasteiger partial charge in [-0.2, -0.15) is 0 Å². The standard InChI is InChI=1S/C12H22O3/c1-3-5-11(6-8-13)12(9-14,10-15)7-4-2/h3-4,11,13-15H,1-2,5-10H2. The Labute approximate surface area is 91.8 Å². The van der Waals surface area contributed by atoms with Crippen LogP contribution in [-0.2, 0) is 0 Å². The maximum absolute atomic E-state index is 9.41. The highest BCUT2D eigenvalue weighted by Crippen LogP contribution is 2.36. The Morgan fingerprint density at radius 2 is 1.67 bits per heavy atom. The van der Waals surface area contributed by atoms with E-state index in [0.29, 0.717) is 19.3 Å². The van der Waals surface area contributed by atoms with Gasteiger partial charge in [0, 0.05) is 12.0 Å². The van der Waals surface area contributed by atoms with Crippen LogP contribution < -0.4 is 0 Å². The Bertz CT molecular complexity index is 185. The number of allylic oxidation sites excluding steroid dienone is 2.